The number of hydrogen-bond donors (Lipinski definition) is 0. The molecule has 1 heteroatoms. The molecule has 1 aromatic carbocycles. The first-order valence-electron chi connectivity index (χ1n) is 4.86. The number of rotatable bonds is 3. The van der Waals surface area contributed by atoms with Crippen molar-refractivity contribution in [1.29, 1.82) is 0 Å². The van der Waals surface area contributed by atoms with E-state index in [0.717, 1.165) is 6.42 Å². The van der Waals surface area contributed by atoms with E-state index in [-0.39, 0.29) is 6.10 Å². The summed E-state index contributed by atoms with van der Waals surface area (Å²) in [5.41, 5.74) is 2.48. The van der Waals surface area contributed by atoms with Gasteiger partial charge in [0.05, 0.1) is 0 Å². The van der Waals surface area contributed by atoms with Crippen LogP contribution in [-0.2, 0) is 4.74 Å². The quantitative estimate of drug-likeness (QED) is 0.704. The Hall–Kier alpha value is -1.34. The molecule has 0 bridgehead atoms. The minimum atomic E-state index is 0.0925. The maximum atomic E-state index is 5.50. The van der Waals surface area contributed by atoms with Gasteiger partial charge >= 0.3 is 0 Å². The summed E-state index contributed by atoms with van der Waals surface area (Å²) in [6.07, 6.45) is 7.63. The van der Waals surface area contributed by atoms with Gasteiger partial charge in [-0.2, -0.15) is 0 Å². The van der Waals surface area contributed by atoms with Gasteiger partial charge in [0.15, 0.2) is 0 Å². The third-order valence-electron chi connectivity index (χ3n) is 2.44. The average Bonchev–Trinajstić information content (AvgIpc) is 2.74. The SMILES string of the molecule is COC(C1=CCC=C1)c1ccccc1. The Labute approximate surface area is 84.7 Å². The van der Waals surface area contributed by atoms with E-state index < -0.39 is 0 Å². The Morgan fingerprint density at radius 2 is 2.00 bits per heavy atom. The molecule has 1 atom stereocenters. The summed E-state index contributed by atoms with van der Waals surface area (Å²) in [4.78, 5) is 0. The van der Waals surface area contributed by atoms with Crippen molar-refractivity contribution in [2.45, 2.75) is 12.5 Å². The van der Waals surface area contributed by atoms with Crippen LogP contribution in [0.3, 0.4) is 0 Å². The summed E-state index contributed by atoms with van der Waals surface area (Å²) in [6.45, 7) is 0. The summed E-state index contributed by atoms with van der Waals surface area (Å²) in [6, 6.07) is 10.3. The van der Waals surface area contributed by atoms with Crippen LogP contribution in [0.2, 0.25) is 0 Å². The van der Waals surface area contributed by atoms with Gasteiger partial charge in [-0.25, -0.2) is 0 Å². The van der Waals surface area contributed by atoms with E-state index >= 15 is 0 Å². The second-order valence-electron chi connectivity index (χ2n) is 3.37. The van der Waals surface area contributed by atoms with Crippen LogP contribution in [0.5, 0.6) is 0 Å². The largest absolute Gasteiger partial charge is 0.372 e. The van der Waals surface area contributed by atoms with Crippen molar-refractivity contribution in [2.75, 3.05) is 7.11 Å². The average molecular weight is 186 g/mol. The first kappa shape index (κ1) is 9.22. The Morgan fingerprint density at radius 1 is 1.21 bits per heavy atom. The van der Waals surface area contributed by atoms with E-state index in [0.29, 0.717) is 0 Å². The van der Waals surface area contributed by atoms with Gasteiger partial charge in [0.2, 0.25) is 0 Å². The lowest BCUT2D eigenvalue weighted by Gasteiger charge is -2.15. The molecule has 1 aliphatic rings. The molecule has 0 heterocycles. The second kappa shape index (κ2) is 4.25. The van der Waals surface area contributed by atoms with Gasteiger partial charge in [0.25, 0.3) is 0 Å². The first-order chi connectivity index (χ1) is 6.92. The highest BCUT2D eigenvalue weighted by molar-refractivity contribution is 5.36. The molecule has 0 aromatic heterocycles. The van der Waals surface area contributed by atoms with Gasteiger partial charge in [-0.1, -0.05) is 48.6 Å². The third kappa shape index (κ3) is 1.78. The molecule has 0 saturated heterocycles. The van der Waals surface area contributed by atoms with Crippen LogP contribution in [0.15, 0.2) is 54.1 Å². The molecule has 0 fully saturated rings. The lowest BCUT2D eigenvalue weighted by molar-refractivity contribution is 0.136. The minimum Gasteiger partial charge on any atom is -0.372 e. The molecule has 1 unspecified atom stereocenters. The molecule has 14 heavy (non-hydrogen) atoms. The van der Waals surface area contributed by atoms with E-state index in [1.54, 1.807) is 7.11 Å². The molecule has 0 N–H and O–H groups in total. The van der Waals surface area contributed by atoms with Crippen molar-refractivity contribution in [3.8, 4) is 0 Å². The van der Waals surface area contributed by atoms with E-state index in [1.807, 2.05) is 18.2 Å². The summed E-state index contributed by atoms with van der Waals surface area (Å²) < 4.78 is 5.50. The summed E-state index contributed by atoms with van der Waals surface area (Å²) in [7, 11) is 1.75. The van der Waals surface area contributed by atoms with Crippen molar-refractivity contribution in [3.05, 3.63) is 59.7 Å². The Morgan fingerprint density at radius 3 is 2.57 bits per heavy atom. The second-order valence-corrected chi connectivity index (χ2v) is 3.37. The molecular weight excluding hydrogens is 172 g/mol. The van der Waals surface area contributed by atoms with Crippen LogP contribution in [0.25, 0.3) is 0 Å². The number of methoxy groups -OCH3 is 1. The fraction of sp³-hybridized carbons (Fsp3) is 0.231. The minimum absolute atomic E-state index is 0.0925. The standard InChI is InChI=1S/C13H14O/c1-14-13(12-9-5-6-10-12)11-7-3-2-4-8-11/h2-5,7-10,13H,6H2,1H3. The van der Waals surface area contributed by atoms with E-state index in [4.69, 9.17) is 4.74 Å². The van der Waals surface area contributed by atoms with Gasteiger partial charge in [0, 0.05) is 7.11 Å². The lowest BCUT2D eigenvalue weighted by atomic mass is 10.0. The zero-order valence-electron chi connectivity index (χ0n) is 8.31. The van der Waals surface area contributed by atoms with E-state index in [2.05, 4.69) is 30.4 Å². The highest BCUT2D eigenvalue weighted by atomic mass is 16.5. The molecule has 1 aliphatic carbocycles. The van der Waals surface area contributed by atoms with E-state index in [9.17, 15) is 0 Å². The molecule has 1 nitrogen and oxygen atoms in total. The van der Waals surface area contributed by atoms with Gasteiger partial charge < -0.3 is 4.74 Å². The molecule has 1 aromatic rings. The molecule has 0 spiro atoms. The highest BCUT2D eigenvalue weighted by Gasteiger charge is 2.14. The van der Waals surface area contributed by atoms with Crippen molar-refractivity contribution in [1.82, 2.24) is 0 Å². The smallest absolute Gasteiger partial charge is 0.107 e. The molecule has 0 amide bonds. The van der Waals surface area contributed by atoms with Crippen LogP contribution in [0.4, 0.5) is 0 Å². The Bertz CT molecular complexity index is 349. The number of ether oxygens (including phenoxy) is 1. The summed E-state index contributed by atoms with van der Waals surface area (Å²) in [5, 5.41) is 0. The van der Waals surface area contributed by atoms with Crippen molar-refractivity contribution < 1.29 is 4.74 Å². The molecular formula is C13H14O. The predicted octanol–water partition coefficient (Wildman–Crippen LogP) is 3.26. The molecule has 72 valence electrons. The Kier molecular flexibility index (Phi) is 2.80. The summed E-state index contributed by atoms with van der Waals surface area (Å²) >= 11 is 0. The number of hydrogen-bond acceptors (Lipinski definition) is 1. The van der Waals surface area contributed by atoms with Gasteiger partial charge in [-0.3, -0.25) is 0 Å². The fourth-order valence-electron chi connectivity index (χ4n) is 1.76. The maximum absolute atomic E-state index is 5.50. The van der Waals surface area contributed by atoms with Crippen LogP contribution in [0, 0.1) is 0 Å². The third-order valence-corrected chi connectivity index (χ3v) is 2.44. The van der Waals surface area contributed by atoms with Crippen LogP contribution in [0.1, 0.15) is 18.1 Å². The highest BCUT2D eigenvalue weighted by Crippen LogP contribution is 2.28. The van der Waals surface area contributed by atoms with Gasteiger partial charge in [-0.15, -0.1) is 0 Å². The first-order valence-corrected chi connectivity index (χ1v) is 4.86. The number of benzene rings is 1. The zero-order chi connectivity index (χ0) is 9.80. The van der Waals surface area contributed by atoms with Crippen molar-refractivity contribution >= 4 is 0 Å². The van der Waals surface area contributed by atoms with E-state index in [1.165, 1.54) is 11.1 Å². The monoisotopic (exact) mass is 186 g/mol. The summed E-state index contributed by atoms with van der Waals surface area (Å²) in [5.74, 6) is 0. The molecule has 0 aliphatic heterocycles. The maximum Gasteiger partial charge on any atom is 0.107 e. The molecule has 0 radical (unpaired) electrons. The predicted molar refractivity (Wildman–Crippen MR) is 58.0 cm³/mol. The number of allylic oxidation sites excluding steroid dienone is 2. The lowest BCUT2D eigenvalue weighted by Crippen LogP contribution is -2.02. The van der Waals surface area contributed by atoms with Gasteiger partial charge in [0.1, 0.15) is 6.10 Å². The topological polar surface area (TPSA) is 9.23 Å². The van der Waals surface area contributed by atoms with Crippen molar-refractivity contribution in [3.63, 3.8) is 0 Å². The molecule has 2 rings (SSSR count). The zero-order valence-corrected chi connectivity index (χ0v) is 8.31. The van der Waals surface area contributed by atoms with Crippen LogP contribution >= 0.6 is 0 Å². The fourth-order valence-corrected chi connectivity index (χ4v) is 1.76. The normalized spacial score (nSPS) is 16.8. The Balaban J connectivity index is 2.26. The van der Waals surface area contributed by atoms with Crippen molar-refractivity contribution in [2.24, 2.45) is 0 Å². The van der Waals surface area contributed by atoms with Crippen LogP contribution in [-0.4, -0.2) is 7.11 Å². The van der Waals surface area contributed by atoms with Gasteiger partial charge in [-0.05, 0) is 17.6 Å². The molecule has 0 saturated carbocycles. The van der Waals surface area contributed by atoms with Crippen LogP contribution < -0.4 is 0 Å².